The van der Waals surface area contributed by atoms with Crippen molar-refractivity contribution in [3.63, 3.8) is 0 Å². The molecule has 1 aliphatic rings. The van der Waals surface area contributed by atoms with Crippen LogP contribution in [0, 0.1) is 5.92 Å². The zero-order chi connectivity index (χ0) is 15.3. The second-order valence-corrected chi connectivity index (χ2v) is 7.14. The van der Waals surface area contributed by atoms with Crippen LogP contribution in [0.15, 0.2) is 0 Å². The van der Waals surface area contributed by atoms with Gasteiger partial charge in [-0.3, -0.25) is 9.59 Å². The third kappa shape index (κ3) is 4.75. The van der Waals surface area contributed by atoms with Crippen LogP contribution in [0.3, 0.4) is 0 Å². The molecule has 0 bridgehead atoms. The van der Waals surface area contributed by atoms with Crippen molar-refractivity contribution in [1.82, 2.24) is 9.62 Å². The molecule has 2 unspecified atom stereocenters. The van der Waals surface area contributed by atoms with E-state index < -0.39 is 28.0 Å². The van der Waals surface area contributed by atoms with Gasteiger partial charge in [0, 0.05) is 13.1 Å². The van der Waals surface area contributed by atoms with Gasteiger partial charge in [-0.25, -0.2) is 8.42 Å². The molecule has 1 heterocycles. The molecule has 0 spiro atoms. The van der Waals surface area contributed by atoms with Gasteiger partial charge in [-0.15, -0.1) is 0 Å². The van der Waals surface area contributed by atoms with Crippen LogP contribution in [0.25, 0.3) is 0 Å². The minimum absolute atomic E-state index is 0.295. The summed E-state index contributed by atoms with van der Waals surface area (Å²) in [5, 5.41) is 11.4. The summed E-state index contributed by atoms with van der Waals surface area (Å²) in [7, 11) is -3.36. The summed E-state index contributed by atoms with van der Waals surface area (Å²) < 4.78 is 24.3. The van der Waals surface area contributed by atoms with Gasteiger partial charge in [0.2, 0.25) is 15.9 Å². The predicted molar refractivity (Wildman–Crippen MR) is 73.6 cm³/mol. The first-order valence-electron chi connectivity index (χ1n) is 6.71. The number of carbonyl (C=O) groups excluding carboxylic acids is 1. The monoisotopic (exact) mass is 306 g/mol. The maximum Gasteiger partial charge on any atom is 0.306 e. The fraction of sp³-hybridized carbons (Fsp3) is 0.833. The van der Waals surface area contributed by atoms with Crippen molar-refractivity contribution in [3.05, 3.63) is 0 Å². The number of sulfonamides is 1. The highest BCUT2D eigenvalue weighted by atomic mass is 32.2. The van der Waals surface area contributed by atoms with Gasteiger partial charge in [0.25, 0.3) is 0 Å². The summed E-state index contributed by atoms with van der Waals surface area (Å²) in [6.07, 6.45) is 3.36. The maximum absolute atomic E-state index is 11.9. The van der Waals surface area contributed by atoms with Gasteiger partial charge >= 0.3 is 5.97 Å². The molecule has 116 valence electrons. The van der Waals surface area contributed by atoms with Crippen molar-refractivity contribution in [3.8, 4) is 0 Å². The Hall–Kier alpha value is -1.15. The van der Waals surface area contributed by atoms with E-state index in [4.69, 9.17) is 5.11 Å². The molecule has 2 N–H and O–H groups in total. The molecule has 0 aromatic carbocycles. The number of aliphatic carboxylic acids is 1. The Balaban J connectivity index is 2.38. The number of nitrogens with zero attached hydrogens (tertiary/aromatic N) is 1. The molecule has 0 aromatic rings. The van der Waals surface area contributed by atoms with Crippen LogP contribution in [-0.2, 0) is 19.6 Å². The third-order valence-corrected chi connectivity index (χ3v) is 4.76. The molecule has 0 aliphatic carbocycles. The highest BCUT2D eigenvalue weighted by molar-refractivity contribution is 7.88. The van der Waals surface area contributed by atoms with Crippen molar-refractivity contribution in [2.45, 2.75) is 38.6 Å². The van der Waals surface area contributed by atoms with Crippen LogP contribution in [0.2, 0.25) is 0 Å². The van der Waals surface area contributed by atoms with Gasteiger partial charge in [-0.1, -0.05) is 6.92 Å². The minimum Gasteiger partial charge on any atom is -0.481 e. The first-order chi connectivity index (χ1) is 9.23. The molecule has 1 amide bonds. The fourth-order valence-electron chi connectivity index (χ4n) is 2.26. The molecule has 1 fully saturated rings. The second-order valence-electron chi connectivity index (χ2n) is 5.20. The highest BCUT2D eigenvalue weighted by Crippen LogP contribution is 2.20. The fourth-order valence-corrected chi connectivity index (χ4v) is 3.38. The average Bonchev–Trinajstić information content (AvgIpc) is 2.82. The van der Waals surface area contributed by atoms with Crippen LogP contribution < -0.4 is 5.32 Å². The first-order valence-corrected chi connectivity index (χ1v) is 8.55. The maximum atomic E-state index is 11.9. The Morgan fingerprint density at radius 2 is 2.10 bits per heavy atom. The number of hydrogen-bond acceptors (Lipinski definition) is 4. The zero-order valence-electron chi connectivity index (χ0n) is 11.8. The van der Waals surface area contributed by atoms with E-state index in [-0.39, 0.29) is 5.91 Å². The van der Waals surface area contributed by atoms with Gasteiger partial charge in [-0.05, 0) is 25.7 Å². The molecule has 8 heteroatoms. The van der Waals surface area contributed by atoms with E-state index in [1.807, 2.05) is 0 Å². The number of hydrogen-bond donors (Lipinski definition) is 2. The Labute approximate surface area is 119 Å². The number of nitrogens with one attached hydrogen (secondary N) is 1. The summed E-state index contributed by atoms with van der Waals surface area (Å²) in [5.41, 5.74) is 0. The lowest BCUT2D eigenvalue weighted by Gasteiger charge is -2.21. The van der Waals surface area contributed by atoms with Crippen LogP contribution in [-0.4, -0.2) is 55.1 Å². The summed E-state index contributed by atoms with van der Waals surface area (Å²) in [6, 6.07) is -0.623. The molecule has 20 heavy (non-hydrogen) atoms. The van der Waals surface area contributed by atoms with Crippen molar-refractivity contribution >= 4 is 21.9 Å². The van der Waals surface area contributed by atoms with Crippen molar-refractivity contribution in [2.75, 3.05) is 19.3 Å². The number of amides is 1. The molecule has 0 saturated carbocycles. The summed E-state index contributed by atoms with van der Waals surface area (Å²) in [6.45, 7) is 2.37. The van der Waals surface area contributed by atoms with E-state index in [1.54, 1.807) is 6.92 Å². The molecular formula is C12H22N2O5S. The van der Waals surface area contributed by atoms with Gasteiger partial charge in [0.15, 0.2) is 0 Å². The lowest BCUT2D eigenvalue weighted by atomic mass is 10.1. The molecule has 1 aliphatic heterocycles. The first kappa shape index (κ1) is 16.9. The summed E-state index contributed by atoms with van der Waals surface area (Å²) in [5.74, 6) is -1.59. The van der Waals surface area contributed by atoms with Gasteiger partial charge in [-0.2, -0.15) is 4.31 Å². The minimum atomic E-state index is -3.36. The van der Waals surface area contributed by atoms with E-state index in [0.29, 0.717) is 38.8 Å². The third-order valence-electron chi connectivity index (χ3n) is 3.47. The summed E-state index contributed by atoms with van der Waals surface area (Å²) in [4.78, 5) is 22.6. The average molecular weight is 306 g/mol. The largest absolute Gasteiger partial charge is 0.481 e. The van der Waals surface area contributed by atoms with Gasteiger partial charge < -0.3 is 10.4 Å². The molecule has 1 saturated heterocycles. The van der Waals surface area contributed by atoms with Crippen LogP contribution in [0.1, 0.15) is 32.6 Å². The molecule has 0 radical (unpaired) electrons. The van der Waals surface area contributed by atoms with Crippen molar-refractivity contribution in [1.29, 1.82) is 0 Å². The van der Waals surface area contributed by atoms with Crippen LogP contribution in [0.4, 0.5) is 0 Å². The quantitative estimate of drug-likeness (QED) is 0.646. The Kier molecular flexibility index (Phi) is 5.94. The molecule has 0 aromatic heterocycles. The lowest BCUT2D eigenvalue weighted by molar-refractivity contribution is -0.141. The van der Waals surface area contributed by atoms with Crippen molar-refractivity contribution < 1.29 is 23.1 Å². The number of rotatable bonds is 7. The van der Waals surface area contributed by atoms with E-state index in [0.717, 1.165) is 6.26 Å². The predicted octanol–water partition coefficient (Wildman–Crippen LogP) is 0.0275. The highest BCUT2D eigenvalue weighted by Gasteiger charge is 2.36. The summed E-state index contributed by atoms with van der Waals surface area (Å²) >= 11 is 0. The van der Waals surface area contributed by atoms with E-state index >= 15 is 0 Å². The molecule has 7 nitrogen and oxygen atoms in total. The van der Waals surface area contributed by atoms with E-state index in [9.17, 15) is 18.0 Å². The molecular weight excluding hydrogens is 284 g/mol. The number of carboxylic acid groups (broad SMARTS) is 1. The lowest BCUT2D eigenvalue weighted by Crippen LogP contribution is -2.45. The smallest absolute Gasteiger partial charge is 0.306 e. The van der Waals surface area contributed by atoms with Gasteiger partial charge in [0.05, 0.1) is 12.2 Å². The Morgan fingerprint density at radius 3 is 2.65 bits per heavy atom. The topological polar surface area (TPSA) is 104 Å². The molecule has 2 atom stereocenters. The normalized spacial score (nSPS) is 21.6. The zero-order valence-corrected chi connectivity index (χ0v) is 12.6. The van der Waals surface area contributed by atoms with Crippen LogP contribution >= 0.6 is 0 Å². The second kappa shape index (κ2) is 7.03. The van der Waals surface area contributed by atoms with E-state index in [1.165, 1.54) is 4.31 Å². The van der Waals surface area contributed by atoms with Gasteiger partial charge in [0.1, 0.15) is 6.04 Å². The molecule has 1 rings (SSSR count). The number of carbonyl (C=O) groups is 2. The van der Waals surface area contributed by atoms with Crippen LogP contribution in [0.5, 0.6) is 0 Å². The number of carboxylic acids is 1. The van der Waals surface area contributed by atoms with E-state index in [2.05, 4.69) is 5.32 Å². The Morgan fingerprint density at radius 1 is 1.45 bits per heavy atom. The standard InChI is InChI=1S/C12H22N2O5S/c1-9(12(16)17)5-3-7-13-11(15)10-6-4-8-14(10)20(2,18)19/h9-10H,3-8H2,1-2H3,(H,13,15)(H,16,17). The van der Waals surface area contributed by atoms with Crippen molar-refractivity contribution in [2.24, 2.45) is 5.92 Å². The SMILES string of the molecule is CC(CCCNC(=O)C1CCCN1S(C)(=O)=O)C(=O)O. The Bertz CT molecular complexity index is 462.